The first-order chi connectivity index (χ1) is 13.8. The number of aliphatic hydroxyl groups is 1. The summed E-state index contributed by atoms with van der Waals surface area (Å²) in [6.07, 6.45) is 2.98. The zero-order valence-corrected chi connectivity index (χ0v) is 15.6. The predicted molar refractivity (Wildman–Crippen MR) is 102 cm³/mol. The van der Waals surface area contributed by atoms with Crippen LogP contribution in [0.25, 0.3) is 28.2 Å². The number of nitriles is 1. The first kappa shape index (κ1) is 18.7. The topological polar surface area (TPSA) is 87.1 Å². The molecule has 0 radical (unpaired) electrons. The van der Waals surface area contributed by atoms with E-state index in [2.05, 4.69) is 15.1 Å². The Balaban J connectivity index is 1.86. The van der Waals surface area contributed by atoms with Gasteiger partial charge in [-0.2, -0.15) is 14.9 Å². The summed E-state index contributed by atoms with van der Waals surface area (Å²) in [5, 5.41) is 23.7. The van der Waals surface area contributed by atoms with E-state index in [0.29, 0.717) is 17.0 Å². The smallest absolute Gasteiger partial charge is 0.251 e. The highest BCUT2D eigenvalue weighted by atomic mass is 19.1. The third kappa shape index (κ3) is 3.32. The molecule has 8 heteroatoms. The largest absolute Gasteiger partial charge is 0.384 e. The highest BCUT2D eigenvalue weighted by Crippen LogP contribution is 2.31. The van der Waals surface area contributed by atoms with Crippen LogP contribution in [-0.2, 0) is 5.60 Å². The molecule has 29 heavy (non-hydrogen) atoms. The molecule has 0 spiro atoms. The number of rotatable bonds is 3. The molecule has 0 unspecified atom stereocenters. The van der Waals surface area contributed by atoms with Gasteiger partial charge in [0.2, 0.25) is 0 Å². The lowest BCUT2D eigenvalue weighted by molar-refractivity contribution is 0.0734. The summed E-state index contributed by atoms with van der Waals surface area (Å²) in [5.41, 5.74) is 0.831. The molecule has 2 aromatic carbocycles. The quantitative estimate of drug-likeness (QED) is 0.573. The third-order valence-electron chi connectivity index (χ3n) is 4.52. The van der Waals surface area contributed by atoms with E-state index in [1.807, 2.05) is 6.07 Å². The second kappa shape index (κ2) is 6.72. The average Bonchev–Trinajstić information content (AvgIpc) is 3.11. The average molecular weight is 391 g/mol. The first-order valence-electron chi connectivity index (χ1n) is 8.71. The van der Waals surface area contributed by atoms with Crippen molar-refractivity contribution < 1.29 is 13.9 Å². The Kier molecular flexibility index (Phi) is 4.32. The van der Waals surface area contributed by atoms with Crippen molar-refractivity contribution in [1.29, 1.82) is 5.26 Å². The molecule has 2 heterocycles. The van der Waals surface area contributed by atoms with Crippen molar-refractivity contribution in [3.63, 3.8) is 0 Å². The molecule has 0 atom stereocenters. The van der Waals surface area contributed by atoms with E-state index in [-0.39, 0.29) is 22.5 Å². The summed E-state index contributed by atoms with van der Waals surface area (Å²) in [6.45, 7) is 3.19. The summed E-state index contributed by atoms with van der Waals surface area (Å²) in [5.74, 6) is -0.826. The molecule has 0 saturated heterocycles. The summed E-state index contributed by atoms with van der Waals surface area (Å²) in [4.78, 5) is 8.53. The minimum Gasteiger partial charge on any atom is -0.384 e. The lowest BCUT2D eigenvalue weighted by atomic mass is 9.97. The Morgan fingerprint density at radius 1 is 1.07 bits per heavy atom. The van der Waals surface area contributed by atoms with Crippen LogP contribution in [0.4, 0.5) is 8.78 Å². The maximum absolute atomic E-state index is 14.5. The fourth-order valence-corrected chi connectivity index (χ4v) is 3.00. The standard InChI is InChI=1S/C21H15F2N5O/c1-21(2,29)19-11-26-28-18(10-25-20(28)27-19)12-3-6-17(23)16(8-12)15-5-4-14(22)7-13(15)9-24/h3-8,10-11,29H,1-2H3. The van der Waals surface area contributed by atoms with Gasteiger partial charge >= 0.3 is 0 Å². The molecule has 6 nitrogen and oxygen atoms in total. The number of fused-ring (bicyclic) bond motifs is 1. The third-order valence-corrected chi connectivity index (χ3v) is 4.52. The number of halogens is 2. The van der Waals surface area contributed by atoms with Gasteiger partial charge in [0.1, 0.15) is 17.2 Å². The van der Waals surface area contributed by atoms with Crippen LogP contribution in [0.5, 0.6) is 0 Å². The van der Waals surface area contributed by atoms with Gasteiger partial charge in [0.15, 0.2) is 0 Å². The van der Waals surface area contributed by atoms with E-state index in [1.54, 1.807) is 26.0 Å². The summed E-state index contributed by atoms with van der Waals surface area (Å²) < 4.78 is 29.5. The maximum atomic E-state index is 14.5. The van der Waals surface area contributed by atoms with Crippen LogP contribution in [-0.4, -0.2) is 24.7 Å². The Bertz CT molecular complexity index is 1280. The van der Waals surface area contributed by atoms with Crippen LogP contribution < -0.4 is 0 Å². The highest BCUT2D eigenvalue weighted by molar-refractivity contribution is 5.76. The lowest BCUT2D eigenvalue weighted by Crippen LogP contribution is -2.19. The molecule has 1 N–H and O–H groups in total. The molecule has 0 aliphatic heterocycles. The molecule has 4 rings (SSSR count). The van der Waals surface area contributed by atoms with Crippen LogP contribution >= 0.6 is 0 Å². The molecular formula is C21H15F2N5O. The predicted octanol–water partition coefficient (Wildman–Crippen LogP) is 3.84. The minimum absolute atomic E-state index is 0.0359. The van der Waals surface area contributed by atoms with Crippen LogP contribution in [0.3, 0.4) is 0 Å². The van der Waals surface area contributed by atoms with Gasteiger partial charge in [0.25, 0.3) is 5.78 Å². The number of benzene rings is 2. The second-order valence-corrected chi connectivity index (χ2v) is 7.05. The van der Waals surface area contributed by atoms with Crippen molar-refractivity contribution in [3.05, 3.63) is 71.7 Å². The first-order valence-corrected chi connectivity index (χ1v) is 8.71. The maximum Gasteiger partial charge on any atom is 0.251 e. The molecule has 2 aromatic heterocycles. The SMILES string of the molecule is CC(C)(O)c1cnn2c(-c3ccc(F)c(-c4ccc(F)cc4C#N)c3)cnc2n1. The van der Waals surface area contributed by atoms with Crippen molar-refractivity contribution in [3.8, 4) is 28.5 Å². The van der Waals surface area contributed by atoms with E-state index in [1.165, 1.54) is 35.1 Å². The van der Waals surface area contributed by atoms with Crippen LogP contribution in [0.15, 0.2) is 48.8 Å². The number of hydrogen-bond donors (Lipinski definition) is 1. The van der Waals surface area contributed by atoms with Gasteiger partial charge in [0, 0.05) is 16.7 Å². The molecule has 0 aliphatic carbocycles. The Labute approximate surface area is 164 Å². The molecule has 0 fully saturated rings. The number of hydrogen-bond acceptors (Lipinski definition) is 5. The number of aromatic nitrogens is 4. The fraction of sp³-hybridized carbons (Fsp3) is 0.143. The molecular weight excluding hydrogens is 376 g/mol. The normalized spacial score (nSPS) is 11.6. The van der Waals surface area contributed by atoms with Crippen molar-refractivity contribution in [2.45, 2.75) is 19.4 Å². The number of nitrogens with zero attached hydrogens (tertiary/aromatic N) is 5. The molecule has 0 aliphatic rings. The van der Waals surface area contributed by atoms with Crippen LogP contribution in [0.2, 0.25) is 0 Å². The highest BCUT2D eigenvalue weighted by Gasteiger charge is 2.20. The van der Waals surface area contributed by atoms with Gasteiger partial charge in [-0.15, -0.1) is 0 Å². The van der Waals surface area contributed by atoms with E-state index in [9.17, 15) is 19.1 Å². The number of imidazole rings is 1. The molecule has 4 aromatic rings. The Hall–Kier alpha value is -3.70. The summed E-state index contributed by atoms with van der Waals surface area (Å²) in [7, 11) is 0. The van der Waals surface area contributed by atoms with E-state index in [0.717, 1.165) is 6.07 Å². The Morgan fingerprint density at radius 3 is 2.59 bits per heavy atom. The van der Waals surface area contributed by atoms with Crippen LogP contribution in [0.1, 0.15) is 25.1 Å². The van der Waals surface area contributed by atoms with E-state index < -0.39 is 17.2 Å². The van der Waals surface area contributed by atoms with Crippen molar-refractivity contribution in [2.24, 2.45) is 0 Å². The van der Waals surface area contributed by atoms with Crippen molar-refractivity contribution in [2.75, 3.05) is 0 Å². The summed E-state index contributed by atoms with van der Waals surface area (Å²) in [6, 6.07) is 9.90. The van der Waals surface area contributed by atoms with Gasteiger partial charge in [-0.3, -0.25) is 0 Å². The van der Waals surface area contributed by atoms with Crippen molar-refractivity contribution in [1.82, 2.24) is 19.6 Å². The van der Waals surface area contributed by atoms with Gasteiger partial charge < -0.3 is 5.11 Å². The second-order valence-electron chi connectivity index (χ2n) is 7.05. The monoisotopic (exact) mass is 391 g/mol. The fourth-order valence-electron chi connectivity index (χ4n) is 3.00. The van der Waals surface area contributed by atoms with Gasteiger partial charge in [-0.25, -0.2) is 18.7 Å². The van der Waals surface area contributed by atoms with Crippen LogP contribution in [0, 0.1) is 23.0 Å². The molecule has 0 bridgehead atoms. The van der Waals surface area contributed by atoms with Crippen molar-refractivity contribution >= 4 is 5.78 Å². The zero-order valence-electron chi connectivity index (χ0n) is 15.6. The minimum atomic E-state index is -1.17. The molecule has 0 saturated carbocycles. The van der Waals surface area contributed by atoms with E-state index >= 15 is 0 Å². The Morgan fingerprint density at radius 2 is 1.86 bits per heavy atom. The lowest BCUT2D eigenvalue weighted by Gasteiger charge is -2.15. The molecule has 144 valence electrons. The van der Waals surface area contributed by atoms with Gasteiger partial charge in [-0.1, -0.05) is 6.07 Å². The van der Waals surface area contributed by atoms with Gasteiger partial charge in [0.05, 0.1) is 35.4 Å². The molecule has 0 amide bonds. The van der Waals surface area contributed by atoms with Gasteiger partial charge in [-0.05, 0) is 44.2 Å². The summed E-state index contributed by atoms with van der Waals surface area (Å²) >= 11 is 0. The van der Waals surface area contributed by atoms with E-state index in [4.69, 9.17) is 0 Å². The zero-order chi connectivity index (χ0) is 20.8.